The van der Waals surface area contributed by atoms with Gasteiger partial charge in [-0.25, -0.2) is 9.69 Å². The SMILES string of the molecule is O=C(O)c1cccc(N2C(=O)c3cccc4cc([N+](=O)[O-])cc(c34)C2=O)c1. The Labute approximate surface area is 151 Å². The maximum atomic E-state index is 13.0. The normalized spacial score (nSPS) is 13.1. The lowest BCUT2D eigenvalue weighted by Gasteiger charge is -2.27. The average molecular weight is 362 g/mol. The van der Waals surface area contributed by atoms with Gasteiger partial charge < -0.3 is 5.11 Å². The van der Waals surface area contributed by atoms with Gasteiger partial charge in [0.05, 0.1) is 21.7 Å². The molecular weight excluding hydrogens is 352 g/mol. The first-order valence-electron chi connectivity index (χ1n) is 7.82. The van der Waals surface area contributed by atoms with Gasteiger partial charge in [0, 0.05) is 23.1 Å². The van der Waals surface area contributed by atoms with Gasteiger partial charge in [-0.1, -0.05) is 18.2 Å². The molecule has 0 spiro atoms. The molecule has 0 radical (unpaired) electrons. The number of nitrogens with zero attached hydrogens (tertiary/aromatic N) is 2. The number of nitro benzene ring substituents is 1. The third-order valence-corrected chi connectivity index (χ3v) is 4.39. The second-order valence-corrected chi connectivity index (χ2v) is 5.96. The monoisotopic (exact) mass is 362 g/mol. The Morgan fingerprint density at radius 1 is 0.963 bits per heavy atom. The van der Waals surface area contributed by atoms with Crippen LogP contribution in [-0.2, 0) is 0 Å². The summed E-state index contributed by atoms with van der Waals surface area (Å²) in [5.41, 5.74) is -0.0281. The molecule has 4 rings (SSSR count). The zero-order valence-corrected chi connectivity index (χ0v) is 13.6. The minimum atomic E-state index is -1.20. The van der Waals surface area contributed by atoms with E-state index in [-0.39, 0.29) is 28.1 Å². The number of anilines is 1. The summed E-state index contributed by atoms with van der Waals surface area (Å²) in [6.45, 7) is 0. The summed E-state index contributed by atoms with van der Waals surface area (Å²) in [6.07, 6.45) is 0. The maximum Gasteiger partial charge on any atom is 0.335 e. The van der Waals surface area contributed by atoms with Crippen LogP contribution in [0.3, 0.4) is 0 Å². The highest BCUT2D eigenvalue weighted by molar-refractivity contribution is 6.36. The van der Waals surface area contributed by atoms with Crippen LogP contribution in [0.25, 0.3) is 10.8 Å². The zero-order valence-electron chi connectivity index (χ0n) is 13.6. The highest BCUT2D eigenvalue weighted by Crippen LogP contribution is 2.35. The van der Waals surface area contributed by atoms with Gasteiger partial charge >= 0.3 is 5.97 Å². The molecule has 3 aromatic carbocycles. The fourth-order valence-electron chi connectivity index (χ4n) is 3.21. The fourth-order valence-corrected chi connectivity index (χ4v) is 3.21. The van der Waals surface area contributed by atoms with Crippen LogP contribution in [-0.4, -0.2) is 27.8 Å². The van der Waals surface area contributed by atoms with Crippen molar-refractivity contribution in [1.29, 1.82) is 0 Å². The van der Waals surface area contributed by atoms with Crippen LogP contribution in [0.2, 0.25) is 0 Å². The van der Waals surface area contributed by atoms with Gasteiger partial charge in [0.25, 0.3) is 17.5 Å². The minimum Gasteiger partial charge on any atom is -0.478 e. The molecule has 8 nitrogen and oxygen atoms in total. The number of benzene rings is 3. The second kappa shape index (κ2) is 5.73. The third kappa shape index (κ3) is 2.43. The molecule has 0 saturated carbocycles. The Hall–Kier alpha value is -4.07. The van der Waals surface area contributed by atoms with Gasteiger partial charge in [0.15, 0.2) is 0 Å². The van der Waals surface area contributed by atoms with Crippen molar-refractivity contribution in [3.8, 4) is 0 Å². The van der Waals surface area contributed by atoms with Gasteiger partial charge in [0.1, 0.15) is 0 Å². The van der Waals surface area contributed by atoms with Crippen LogP contribution < -0.4 is 4.90 Å². The molecule has 0 saturated heterocycles. The molecule has 3 aromatic rings. The number of aromatic carboxylic acids is 1. The topological polar surface area (TPSA) is 118 Å². The lowest BCUT2D eigenvalue weighted by atomic mass is 9.93. The standard InChI is InChI=1S/C19H10N2O6/c22-17-14-6-2-3-10-7-13(21(26)27)9-15(16(10)14)18(23)20(17)12-5-1-4-11(8-12)19(24)25/h1-9H,(H,24,25). The number of rotatable bonds is 3. The van der Waals surface area contributed by atoms with Gasteiger partial charge in [-0.3, -0.25) is 19.7 Å². The first-order valence-corrected chi connectivity index (χ1v) is 7.82. The van der Waals surface area contributed by atoms with E-state index in [4.69, 9.17) is 5.11 Å². The molecule has 2 amide bonds. The molecule has 27 heavy (non-hydrogen) atoms. The molecule has 0 fully saturated rings. The number of hydrogen-bond donors (Lipinski definition) is 1. The van der Waals surface area contributed by atoms with Crippen LogP contribution in [0.5, 0.6) is 0 Å². The van der Waals surface area contributed by atoms with E-state index in [1.807, 2.05) is 0 Å². The van der Waals surface area contributed by atoms with Crippen molar-refractivity contribution in [1.82, 2.24) is 0 Å². The van der Waals surface area contributed by atoms with Crippen LogP contribution in [0.4, 0.5) is 11.4 Å². The van der Waals surface area contributed by atoms with Crippen LogP contribution >= 0.6 is 0 Å². The largest absolute Gasteiger partial charge is 0.478 e. The predicted molar refractivity (Wildman–Crippen MR) is 95.1 cm³/mol. The predicted octanol–water partition coefficient (Wildman–Crippen LogP) is 3.25. The van der Waals surface area contributed by atoms with E-state index in [9.17, 15) is 24.5 Å². The quantitative estimate of drug-likeness (QED) is 0.434. The number of carboxylic acids is 1. The molecular formula is C19H10N2O6. The van der Waals surface area contributed by atoms with Crippen LogP contribution in [0.1, 0.15) is 31.1 Å². The van der Waals surface area contributed by atoms with Crippen LogP contribution in [0.15, 0.2) is 54.6 Å². The average Bonchev–Trinajstić information content (AvgIpc) is 2.65. The molecule has 1 heterocycles. The lowest BCUT2D eigenvalue weighted by molar-refractivity contribution is -0.384. The Morgan fingerprint density at radius 2 is 1.67 bits per heavy atom. The fraction of sp³-hybridized carbons (Fsp3) is 0. The molecule has 8 heteroatoms. The number of imide groups is 1. The number of hydrogen-bond acceptors (Lipinski definition) is 5. The summed E-state index contributed by atoms with van der Waals surface area (Å²) in [5, 5.41) is 21.1. The van der Waals surface area contributed by atoms with Crippen LogP contribution in [0, 0.1) is 10.1 Å². The minimum absolute atomic E-state index is 0.0233. The van der Waals surface area contributed by atoms with Crippen molar-refractivity contribution >= 4 is 39.9 Å². The van der Waals surface area contributed by atoms with Crippen molar-refractivity contribution in [2.75, 3.05) is 4.90 Å². The van der Waals surface area contributed by atoms with E-state index in [0.29, 0.717) is 10.8 Å². The molecule has 1 N–H and O–H groups in total. The molecule has 0 atom stereocenters. The van der Waals surface area contributed by atoms with Crippen molar-refractivity contribution in [3.63, 3.8) is 0 Å². The number of carbonyl (C=O) groups is 3. The summed E-state index contributed by atoms with van der Waals surface area (Å²) in [6, 6.07) is 12.5. The lowest BCUT2D eigenvalue weighted by Crippen LogP contribution is -2.40. The zero-order chi connectivity index (χ0) is 19.3. The summed E-state index contributed by atoms with van der Waals surface area (Å²) in [7, 11) is 0. The van der Waals surface area contributed by atoms with E-state index in [0.717, 1.165) is 11.0 Å². The van der Waals surface area contributed by atoms with Gasteiger partial charge in [0.2, 0.25) is 0 Å². The van der Waals surface area contributed by atoms with Crippen molar-refractivity contribution in [3.05, 3.63) is 81.4 Å². The molecule has 1 aliphatic rings. The molecule has 0 unspecified atom stereocenters. The van der Waals surface area contributed by atoms with Crippen molar-refractivity contribution < 1.29 is 24.4 Å². The van der Waals surface area contributed by atoms with E-state index in [2.05, 4.69) is 0 Å². The van der Waals surface area contributed by atoms with Gasteiger partial charge in [-0.15, -0.1) is 0 Å². The summed E-state index contributed by atoms with van der Waals surface area (Å²) in [4.78, 5) is 48.6. The first-order chi connectivity index (χ1) is 12.9. The number of carboxylic acid groups (broad SMARTS) is 1. The third-order valence-electron chi connectivity index (χ3n) is 4.39. The maximum absolute atomic E-state index is 13.0. The van der Waals surface area contributed by atoms with E-state index in [1.54, 1.807) is 12.1 Å². The van der Waals surface area contributed by atoms with E-state index in [1.165, 1.54) is 36.4 Å². The van der Waals surface area contributed by atoms with Crippen molar-refractivity contribution in [2.24, 2.45) is 0 Å². The Kier molecular flexibility index (Phi) is 3.48. The molecule has 0 aromatic heterocycles. The van der Waals surface area contributed by atoms with E-state index >= 15 is 0 Å². The van der Waals surface area contributed by atoms with E-state index < -0.39 is 22.7 Å². The number of amides is 2. The summed E-state index contributed by atoms with van der Waals surface area (Å²) < 4.78 is 0. The number of non-ortho nitro benzene ring substituents is 1. The number of carbonyl (C=O) groups excluding carboxylic acids is 2. The van der Waals surface area contributed by atoms with Gasteiger partial charge in [-0.2, -0.15) is 0 Å². The van der Waals surface area contributed by atoms with Gasteiger partial charge in [-0.05, 0) is 29.7 Å². The molecule has 1 aliphatic heterocycles. The Morgan fingerprint density at radius 3 is 2.37 bits per heavy atom. The first kappa shape index (κ1) is 16.4. The summed E-state index contributed by atoms with van der Waals surface area (Å²) >= 11 is 0. The molecule has 0 aliphatic carbocycles. The number of nitro groups is 1. The Bertz CT molecular complexity index is 1180. The second-order valence-electron chi connectivity index (χ2n) is 5.96. The highest BCUT2D eigenvalue weighted by atomic mass is 16.6. The molecule has 0 bridgehead atoms. The molecule has 132 valence electrons. The highest BCUT2D eigenvalue weighted by Gasteiger charge is 2.35. The summed E-state index contributed by atoms with van der Waals surface area (Å²) in [5.74, 6) is -2.56. The van der Waals surface area contributed by atoms with Crippen molar-refractivity contribution in [2.45, 2.75) is 0 Å². The smallest absolute Gasteiger partial charge is 0.335 e. The Balaban J connectivity index is 1.97.